The predicted octanol–water partition coefficient (Wildman–Crippen LogP) is -0.0215. The number of benzene rings is 1. The van der Waals surface area contributed by atoms with Crippen molar-refractivity contribution in [1.82, 2.24) is 15.2 Å². The van der Waals surface area contributed by atoms with E-state index < -0.39 is 16.2 Å². The number of nitrogens with zero attached hydrogens (tertiary/aromatic N) is 2. The lowest BCUT2D eigenvalue weighted by molar-refractivity contribution is -0.384. The lowest BCUT2D eigenvalue weighted by atomic mass is 10.2. The second-order valence-electron chi connectivity index (χ2n) is 3.63. The smallest absolute Gasteiger partial charge is 0.342 e. The maximum atomic E-state index is 11.3. The Morgan fingerprint density at radius 2 is 1.95 bits per heavy atom. The SMILES string of the molecule is O=c1[nH]nc(NCc2ccc([N+](=O)[O-])cc2)c(=O)[nH]1. The molecule has 1 heterocycles. The van der Waals surface area contributed by atoms with Crippen molar-refractivity contribution >= 4 is 11.5 Å². The molecule has 0 aliphatic heterocycles. The standard InChI is InChI=1S/C10H9N5O4/c16-9-8(13-14-10(17)12-9)11-5-6-1-3-7(4-2-6)15(18)19/h1-4H,5H2,(H,11,13)(H2,12,14,16,17). The average Bonchev–Trinajstić information content (AvgIpc) is 2.38. The summed E-state index contributed by atoms with van der Waals surface area (Å²) in [6.45, 7) is 0.250. The molecular weight excluding hydrogens is 254 g/mol. The van der Waals surface area contributed by atoms with Gasteiger partial charge in [0.2, 0.25) is 5.82 Å². The van der Waals surface area contributed by atoms with E-state index in [0.29, 0.717) is 0 Å². The molecule has 0 saturated heterocycles. The first-order chi connectivity index (χ1) is 9.06. The molecule has 0 bridgehead atoms. The number of H-pyrrole nitrogens is 2. The van der Waals surface area contributed by atoms with Crippen LogP contribution in [0.3, 0.4) is 0 Å². The van der Waals surface area contributed by atoms with Gasteiger partial charge in [-0.15, -0.1) is 5.10 Å². The van der Waals surface area contributed by atoms with Gasteiger partial charge in [0.25, 0.3) is 11.2 Å². The molecule has 0 saturated carbocycles. The number of nitro groups is 1. The summed E-state index contributed by atoms with van der Waals surface area (Å²) in [4.78, 5) is 34.1. The fourth-order valence-corrected chi connectivity index (χ4v) is 1.39. The van der Waals surface area contributed by atoms with E-state index in [4.69, 9.17) is 0 Å². The lowest BCUT2D eigenvalue weighted by Crippen LogP contribution is -2.26. The summed E-state index contributed by atoms with van der Waals surface area (Å²) in [5.74, 6) is -0.0297. The lowest BCUT2D eigenvalue weighted by Gasteiger charge is -2.03. The first-order valence-electron chi connectivity index (χ1n) is 5.22. The molecule has 0 aliphatic rings. The Balaban J connectivity index is 2.08. The van der Waals surface area contributed by atoms with Gasteiger partial charge in [-0.3, -0.25) is 19.9 Å². The van der Waals surface area contributed by atoms with Crippen LogP contribution in [0, 0.1) is 10.1 Å². The Labute approximate surface area is 105 Å². The van der Waals surface area contributed by atoms with E-state index in [9.17, 15) is 19.7 Å². The monoisotopic (exact) mass is 263 g/mol. The zero-order valence-electron chi connectivity index (χ0n) is 9.54. The third-order valence-corrected chi connectivity index (χ3v) is 2.32. The van der Waals surface area contributed by atoms with E-state index in [0.717, 1.165) is 5.56 Å². The Morgan fingerprint density at radius 1 is 1.26 bits per heavy atom. The van der Waals surface area contributed by atoms with Gasteiger partial charge in [0.15, 0.2) is 0 Å². The molecule has 0 atom stereocenters. The summed E-state index contributed by atoms with van der Waals surface area (Å²) in [5.41, 5.74) is -0.599. The third kappa shape index (κ3) is 3.03. The molecule has 0 aliphatic carbocycles. The molecule has 2 rings (SSSR count). The van der Waals surface area contributed by atoms with Crippen molar-refractivity contribution in [3.05, 3.63) is 60.8 Å². The zero-order valence-corrected chi connectivity index (χ0v) is 9.54. The van der Waals surface area contributed by atoms with Crippen molar-refractivity contribution in [2.45, 2.75) is 6.54 Å². The topological polar surface area (TPSA) is 134 Å². The van der Waals surface area contributed by atoms with Crippen LogP contribution >= 0.6 is 0 Å². The molecule has 9 heteroatoms. The largest absolute Gasteiger partial charge is 0.360 e. The fourth-order valence-electron chi connectivity index (χ4n) is 1.39. The van der Waals surface area contributed by atoms with Gasteiger partial charge in [0, 0.05) is 18.7 Å². The second-order valence-corrected chi connectivity index (χ2v) is 3.63. The molecule has 19 heavy (non-hydrogen) atoms. The molecule has 9 nitrogen and oxygen atoms in total. The van der Waals surface area contributed by atoms with E-state index in [1.165, 1.54) is 12.1 Å². The quantitative estimate of drug-likeness (QED) is 0.524. The molecule has 1 aromatic heterocycles. The van der Waals surface area contributed by atoms with Gasteiger partial charge >= 0.3 is 5.69 Å². The van der Waals surface area contributed by atoms with Crippen molar-refractivity contribution in [1.29, 1.82) is 0 Å². The normalized spacial score (nSPS) is 10.1. The van der Waals surface area contributed by atoms with Crippen LogP contribution in [0.4, 0.5) is 11.5 Å². The summed E-state index contributed by atoms with van der Waals surface area (Å²) in [5, 5.41) is 18.8. The molecule has 0 amide bonds. The summed E-state index contributed by atoms with van der Waals surface area (Å²) in [6.07, 6.45) is 0. The van der Waals surface area contributed by atoms with E-state index >= 15 is 0 Å². The Bertz CT molecular complexity index is 703. The van der Waals surface area contributed by atoms with Crippen LogP contribution in [0.2, 0.25) is 0 Å². The van der Waals surface area contributed by atoms with E-state index in [1.54, 1.807) is 12.1 Å². The predicted molar refractivity (Wildman–Crippen MR) is 65.9 cm³/mol. The summed E-state index contributed by atoms with van der Waals surface area (Å²) in [7, 11) is 0. The average molecular weight is 263 g/mol. The summed E-state index contributed by atoms with van der Waals surface area (Å²) >= 11 is 0. The third-order valence-electron chi connectivity index (χ3n) is 2.32. The first kappa shape index (κ1) is 12.5. The van der Waals surface area contributed by atoms with Crippen LogP contribution in [0.25, 0.3) is 0 Å². The minimum atomic E-state index is -0.689. The van der Waals surface area contributed by atoms with Gasteiger partial charge in [0.1, 0.15) is 0 Å². The van der Waals surface area contributed by atoms with Gasteiger partial charge in [0.05, 0.1) is 4.92 Å². The highest BCUT2D eigenvalue weighted by Gasteiger charge is 2.05. The van der Waals surface area contributed by atoms with Gasteiger partial charge in [-0.05, 0) is 5.56 Å². The number of nitrogens with one attached hydrogen (secondary N) is 3. The summed E-state index contributed by atoms with van der Waals surface area (Å²) in [6, 6.07) is 5.85. The summed E-state index contributed by atoms with van der Waals surface area (Å²) < 4.78 is 0. The first-order valence-corrected chi connectivity index (χ1v) is 5.22. The molecule has 98 valence electrons. The van der Waals surface area contributed by atoms with Crippen LogP contribution in [0.15, 0.2) is 33.9 Å². The minimum absolute atomic E-state index is 0.0104. The van der Waals surface area contributed by atoms with Crippen LogP contribution in [-0.2, 0) is 6.54 Å². The van der Waals surface area contributed by atoms with Gasteiger partial charge in [-0.25, -0.2) is 9.89 Å². The van der Waals surface area contributed by atoms with Crippen molar-refractivity contribution < 1.29 is 4.92 Å². The number of hydrogen-bond donors (Lipinski definition) is 3. The Hall–Kier alpha value is -2.97. The van der Waals surface area contributed by atoms with Crippen molar-refractivity contribution in [2.75, 3.05) is 5.32 Å². The number of aromatic amines is 2. The number of rotatable bonds is 4. The van der Waals surface area contributed by atoms with Crippen LogP contribution in [0.1, 0.15) is 5.56 Å². The van der Waals surface area contributed by atoms with E-state index in [2.05, 4.69) is 15.5 Å². The van der Waals surface area contributed by atoms with E-state index in [-0.39, 0.29) is 18.1 Å². The van der Waals surface area contributed by atoms with Crippen LogP contribution in [-0.4, -0.2) is 20.1 Å². The number of aromatic nitrogens is 3. The number of non-ortho nitro benzene ring substituents is 1. The molecule has 1 aromatic carbocycles. The van der Waals surface area contributed by atoms with Crippen LogP contribution < -0.4 is 16.6 Å². The van der Waals surface area contributed by atoms with Crippen molar-refractivity contribution in [3.8, 4) is 0 Å². The minimum Gasteiger partial charge on any atom is -0.360 e. The maximum absolute atomic E-state index is 11.3. The van der Waals surface area contributed by atoms with Gasteiger partial charge in [-0.2, -0.15) is 0 Å². The number of nitro benzene ring substituents is 1. The number of hydrogen-bond acceptors (Lipinski definition) is 6. The van der Waals surface area contributed by atoms with Crippen molar-refractivity contribution in [2.24, 2.45) is 0 Å². The highest BCUT2D eigenvalue weighted by atomic mass is 16.6. The highest BCUT2D eigenvalue weighted by Crippen LogP contribution is 2.12. The van der Waals surface area contributed by atoms with Crippen molar-refractivity contribution in [3.63, 3.8) is 0 Å². The van der Waals surface area contributed by atoms with Gasteiger partial charge in [-0.1, -0.05) is 12.1 Å². The van der Waals surface area contributed by atoms with Gasteiger partial charge < -0.3 is 5.32 Å². The Morgan fingerprint density at radius 3 is 2.53 bits per heavy atom. The van der Waals surface area contributed by atoms with Crippen LogP contribution in [0.5, 0.6) is 0 Å². The molecule has 0 unspecified atom stereocenters. The zero-order chi connectivity index (χ0) is 13.8. The molecule has 0 fully saturated rings. The number of anilines is 1. The highest BCUT2D eigenvalue weighted by molar-refractivity contribution is 5.36. The molecule has 0 radical (unpaired) electrons. The fraction of sp³-hybridized carbons (Fsp3) is 0.100. The maximum Gasteiger partial charge on any atom is 0.342 e. The molecule has 2 aromatic rings. The molecule has 0 spiro atoms. The molecular formula is C10H9N5O4. The Kier molecular flexibility index (Phi) is 3.37. The second kappa shape index (κ2) is 5.12. The van der Waals surface area contributed by atoms with E-state index in [1.807, 2.05) is 4.98 Å². The molecule has 3 N–H and O–H groups in total.